The minimum absolute atomic E-state index is 0.730. The predicted molar refractivity (Wildman–Crippen MR) is 173 cm³/mol. The smallest absolute Gasteiger partial charge is 0.0886 e. The second-order valence-electron chi connectivity index (χ2n) is 10.3. The minimum atomic E-state index is 0.730. The monoisotopic (exact) mass is 534 g/mol. The van der Waals surface area contributed by atoms with E-state index in [2.05, 4.69) is 92.8 Å². The number of nitrogens with zero attached hydrogens (tertiary/aromatic N) is 4. The molecule has 3 aliphatic rings. The largest absolute Gasteiger partial charge is 0.256 e. The van der Waals surface area contributed by atoms with E-state index in [1.807, 2.05) is 62.9 Å². The lowest BCUT2D eigenvalue weighted by Crippen LogP contribution is -1.92. The zero-order valence-corrected chi connectivity index (χ0v) is 23.6. The highest BCUT2D eigenvalue weighted by Crippen LogP contribution is 2.52. The molecule has 41 heavy (non-hydrogen) atoms. The van der Waals surface area contributed by atoms with Crippen LogP contribution in [-0.2, 0) is 0 Å². The SMILES string of the molecule is C1=CC2CC2c2ccc(N=Cc3ccc(-c4ccc(C=Nc5ccc6c(c5)/C=C\CC/C=C\6)cn4)nc3)cc21.CC. The minimum Gasteiger partial charge on any atom is -0.256 e. The first kappa shape index (κ1) is 26.5. The molecule has 0 saturated heterocycles. The van der Waals surface area contributed by atoms with E-state index in [-0.39, 0.29) is 0 Å². The van der Waals surface area contributed by atoms with Crippen LogP contribution in [0.15, 0.2) is 101 Å². The maximum absolute atomic E-state index is 4.68. The third kappa shape index (κ3) is 6.22. The summed E-state index contributed by atoms with van der Waals surface area (Å²) in [6, 6.07) is 20.8. The zero-order valence-electron chi connectivity index (χ0n) is 23.6. The average Bonchev–Trinajstić information content (AvgIpc) is 3.82. The van der Waals surface area contributed by atoms with Gasteiger partial charge in [0.15, 0.2) is 0 Å². The Bertz CT molecular complexity index is 1670. The normalized spacial score (nSPS) is 19.8. The van der Waals surface area contributed by atoms with Crippen LogP contribution in [0, 0.1) is 5.92 Å². The molecule has 2 aromatic heterocycles. The van der Waals surface area contributed by atoms with E-state index in [0.717, 1.165) is 58.6 Å². The van der Waals surface area contributed by atoms with Gasteiger partial charge in [-0.25, -0.2) is 0 Å². The van der Waals surface area contributed by atoms with Crippen molar-refractivity contribution in [1.29, 1.82) is 0 Å². The van der Waals surface area contributed by atoms with Gasteiger partial charge in [0.2, 0.25) is 0 Å². The van der Waals surface area contributed by atoms with Crippen LogP contribution >= 0.6 is 0 Å². The molecule has 202 valence electrons. The van der Waals surface area contributed by atoms with Crippen LogP contribution < -0.4 is 0 Å². The maximum Gasteiger partial charge on any atom is 0.0886 e. The van der Waals surface area contributed by atoms with Crippen molar-refractivity contribution in [2.24, 2.45) is 15.9 Å². The molecule has 2 unspecified atom stereocenters. The topological polar surface area (TPSA) is 50.5 Å². The first-order chi connectivity index (χ1) is 20.3. The maximum atomic E-state index is 4.68. The predicted octanol–water partition coefficient (Wildman–Crippen LogP) is 9.62. The van der Waals surface area contributed by atoms with Crippen molar-refractivity contribution >= 4 is 42.0 Å². The Labute approximate surface area is 242 Å². The van der Waals surface area contributed by atoms with E-state index in [1.54, 1.807) is 0 Å². The van der Waals surface area contributed by atoms with Crippen LogP contribution in [0.4, 0.5) is 11.4 Å². The van der Waals surface area contributed by atoms with E-state index in [4.69, 9.17) is 0 Å². The first-order valence-corrected chi connectivity index (χ1v) is 14.6. The lowest BCUT2D eigenvalue weighted by Gasteiger charge is -2.10. The number of allylic oxidation sites excluding steroid dienone is 3. The molecular weight excluding hydrogens is 500 g/mol. The van der Waals surface area contributed by atoms with Gasteiger partial charge in [-0.2, -0.15) is 0 Å². The van der Waals surface area contributed by atoms with Gasteiger partial charge in [-0.15, -0.1) is 0 Å². The molecule has 2 atom stereocenters. The van der Waals surface area contributed by atoms with E-state index < -0.39 is 0 Å². The van der Waals surface area contributed by atoms with Crippen molar-refractivity contribution < 1.29 is 0 Å². The Hall–Kier alpha value is -4.70. The lowest BCUT2D eigenvalue weighted by atomic mass is 9.97. The molecule has 1 fully saturated rings. The lowest BCUT2D eigenvalue weighted by molar-refractivity contribution is 0.996. The molecule has 3 aliphatic carbocycles. The number of benzene rings is 2. The summed E-state index contributed by atoms with van der Waals surface area (Å²) in [6.07, 6.45) is 24.3. The molecule has 0 aliphatic heterocycles. The summed E-state index contributed by atoms with van der Waals surface area (Å²) in [6.45, 7) is 4.00. The molecular formula is C37H34N4. The van der Waals surface area contributed by atoms with Gasteiger partial charge in [-0.3, -0.25) is 20.0 Å². The summed E-state index contributed by atoms with van der Waals surface area (Å²) < 4.78 is 0. The molecule has 2 aromatic carbocycles. The second-order valence-corrected chi connectivity index (χ2v) is 10.3. The number of aromatic nitrogens is 2. The molecule has 0 N–H and O–H groups in total. The third-order valence-corrected chi connectivity index (χ3v) is 7.56. The van der Waals surface area contributed by atoms with Gasteiger partial charge in [0.25, 0.3) is 0 Å². The van der Waals surface area contributed by atoms with Crippen molar-refractivity contribution in [3.05, 3.63) is 125 Å². The fourth-order valence-electron chi connectivity index (χ4n) is 5.25. The highest BCUT2D eigenvalue weighted by molar-refractivity contribution is 5.84. The van der Waals surface area contributed by atoms with Crippen molar-refractivity contribution in [3.63, 3.8) is 0 Å². The van der Waals surface area contributed by atoms with Gasteiger partial charge in [-0.05, 0) is 102 Å². The number of fused-ring (bicyclic) bond motifs is 4. The molecule has 0 bridgehead atoms. The molecule has 1 saturated carbocycles. The number of hydrogen-bond acceptors (Lipinski definition) is 4. The highest BCUT2D eigenvalue weighted by Gasteiger charge is 2.39. The summed E-state index contributed by atoms with van der Waals surface area (Å²) >= 11 is 0. The zero-order chi connectivity index (χ0) is 28.0. The molecule has 0 amide bonds. The molecule has 4 aromatic rings. The van der Waals surface area contributed by atoms with Crippen molar-refractivity contribution in [2.75, 3.05) is 0 Å². The second kappa shape index (κ2) is 12.2. The number of rotatable bonds is 5. The quantitative estimate of drug-likeness (QED) is 0.239. The molecule has 0 spiro atoms. The summed E-state index contributed by atoms with van der Waals surface area (Å²) in [5.41, 5.74) is 10.7. The van der Waals surface area contributed by atoms with Crippen LogP contribution in [0.25, 0.3) is 29.6 Å². The molecule has 2 heterocycles. The van der Waals surface area contributed by atoms with Crippen molar-refractivity contribution in [3.8, 4) is 11.4 Å². The van der Waals surface area contributed by atoms with E-state index >= 15 is 0 Å². The Morgan fingerprint density at radius 3 is 1.90 bits per heavy atom. The Balaban J connectivity index is 0.00000148. The van der Waals surface area contributed by atoms with Crippen LogP contribution in [0.2, 0.25) is 0 Å². The van der Waals surface area contributed by atoms with Crippen molar-refractivity contribution in [1.82, 2.24) is 9.97 Å². The van der Waals surface area contributed by atoms with E-state index in [1.165, 1.54) is 28.7 Å². The molecule has 4 nitrogen and oxygen atoms in total. The van der Waals surface area contributed by atoms with Crippen LogP contribution in [0.1, 0.15) is 72.4 Å². The van der Waals surface area contributed by atoms with Gasteiger partial charge in [-0.1, -0.05) is 62.4 Å². The average molecular weight is 535 g/mol. The Morgan fingerprint density at radius 2 is 1.27 bits per heavy atom. The van der Waals surface area contributed by atoms with Gasteiger partial charge in [0.05, 0.1) is 22.8 Å². The summed E-state index contributed by atoms with van der Waals surface area (Å²) in [5.74, 6) is 1.49. The summed E-state index contributed by atoms with van der Waals surface area (Å²) in [7, 11) is 0. The first-order valence-electron chi connectivity index (χ1n) is 14.6. The van der Waals surface area contributed by atoms with Gasteiger partial charge in [0.1, 0.15) is 0 Å². The van der Waals surface area contributed by atoms with Crippen LogP contribution in [-0.4, -0.2) is 22.4 Å². The Kier molecular flexibility index (Phi) is 7.90. The van der Waals surface area contributed by atoms with Gasteiger partial charge < -0.3 is 0 Å². The molecule has 0 radical (unpaired) electrons. The number of hydrogen-bond donors (Lipinski definition) is 0. The van der Waals surface area contributed by atoms with Gasteiger partial charge >= 0.3 is 0 Å². The standard InChI is InChI=1S/C35H28N4.C2H6/c1-2-4-6-27-17-30(12-11-26(27)5-3-1)36-20-24-7-15-34(38-22-24)35-16-8-25(23-39-35)21-37-31-13-14-32-28(18-31)9-10-29-19-33(29)32;1-2/h3-18,20-23,29,33H,1-2,19H2;1-2H3/b5-3-,6-4-,36-20?,37-21?;. The third-order valence-electron chi connectivity index (χ3n) is 7.56. The van der Waals surface area contributed by atoms with E-state index in [0.29, 0.717) is 0 Å². The highest BCUT2D eigenvalue weighted by atomic mass is 14.8. The fourth-order valence-corrected chi connectivity index (χ4v) is 5.25. The number of aliphatic imine (C=N–C) groups is 2. The summed E-state index contributed by atoms with van der Waals surface area (Å²) in [4.78, 5) is 18.6. The Morgan fingerprint density at radius 1 is 0.659 bits per heavy atom. The summed E-state index contributed by atoms with van der Waals surface area (Å²) in [5, 5.41) is 0. The van der Waals surface area contributed by atoms with E-state index in [9.17, 15) is 0 Å². The fraction of sp³-hybridized carbons (Fsp3) is 0.189. The van der Waals surface area contributed by atoms with Crippen molar-refractivity contribution in [2.45, 2.75) is 39.0 Å². The number of pyridine rings is 2. The van der Waals surface area contributed by atoms with Gasteiger partial charge in [0, 0.05) is 35.9 Å². The molecule has 4 heteroatoms. The van der Waals surface area contributed by atoms with Crippen LogP contribution in [0.3, 0.4) is 0 Å². The molecule has 7 rings (SSSR count). The van der Waals surface area contributed by atoms with Crippen LogP contribution in [0.5, 0.6) is 0 Å².